The summed E-state index contributed by atoms with van der Waals surface area (Å²) in [6.45, 7) is 3.41. The smallest absolute Gasteiger partial charge is 0.339 e. The second-order valence-electron chi connectivity index (χ2n) is 4.03. The normalized spacial score (nSPS) is 10.7. The average Bonchev–Trinajstić information content (AvgIpc) is 2.71. The molecule has 2 aromatic rings. The summed E-state index contributed by atoms with van der Waals surface area (Å²) in [6.07, 6.45) is 1.43. The predicted octanol–water partition coefficient (Wildman–Crippen LogP) is 1.96. The maximum absolute atomic E-state index is 11.9. The van der Waals surface area contributed by atoms with E-state index in [2.05, 4.69) is 20.9 Å². The van der Waals surface area contributed by atoms with Crippen molar-refractivity contribution in [2.75, 3.05) is 0 Å². The van der Waals surface area contributed by atoms with Gasteiger partial charge in [-0.3, -0.25) is 9.36 Å². The van der Waals surface area contributed by atoms with Crippen LogP contribution in [0.3, 0.4) is 0 Å². The first kappa shape index (κ1) is 13.5. The molecule has 0 saturated carbocycles. The van der Waals surface area contributed by atoms with E-state index in [-0.39, 0.29) is 17.7 Å². The molecule has 2 aromatic heterocycles. The minimum atomic E-state index is -1.05. The van der Waals surface area contributed by atoms with Gasteiger partial charge >= 0.3 is 5.97 Å². The number of hydrogen-bond donors (Lipinski definition) is 1. The number of nitrogens with zero attached hydrogens (tertiary/aromatic N) is 2. The Kier molecular flexibility index (Phi) is 3.57. The van der Waals surface area contributed by atoms with Gasteiger partial charge in [0.05, 0.1) is 6.54 Å². The Labute approximate surface area is 116 Å². The lowest BCUT2D eigenvalue weighted by atomic mass is 10.2. The Balaban J connectivity index is 2.42. The number of halogens is 1. The Morgan fingerprint density at radius 1 is 1.53 bits per heavy atom. The van der Waals surface area contributed by atoms with E-state index in [9.17, 15) is 9.59 Å². The number of hydrogen-bond acceptors (Lipinski definition) is 4. The monoisotopic (exact) mass is 326 g/mol. The Morgan fingerprint density at radius 2 is 2.21 bits per heavy atom. The lowest BCUT2D eigenvalue weighted by Crippen LogP contribution is -2.24. The Morgan fingerprint density at radius 3 is 2.79 bits per heavy atom. The maximum Gasteiger partial charge on any atom is 0.339 e. The van der Waals surface area contributed by atoms with Crippen LogP contribution in [0.4, 0.5) is 0 Å². The molecule has 0 fully saturated rings. The molecule has 0 amide bonds. The van der Waals surface area contributed by atoms with E-state index in [0.717, 1.165) is 0 Å². The largest absolute Gasteiger partial charge is 0.478 e. The van der Waals surface area contributed by atoms with Crippen LogP contribution in [-0.4, -0.2) is 20.6 Å². The van der Waals surface area contributed by atoms with Gasteiger partial charge in [0.15, 0.2) is 0 Å². The van der Waals surface area contributed by atoms with Crippen molar-refractivity contribution >= 4 is 21.9 Å². The number of carbonyl (C=O) groups is 1. The highest BCUT2D eigenvalue weighted by atomic mass is 79.9. The van der Waals surface area contributed by atoms with Crippen molar-refractivity contribution in [1.29, 1.82) is 0 Å². The number of carboxylic acid groups (broad SMARTS) is 1. The van der Waals surface area contributed by atoms with Gasteiger partial charge in [0, 0.05) is 6.20 Å². The molecular formula is C12H11BrN2O4. The van der Waals surface area contributed by atoms with Crippen LogP contribution in [0.1, 0.15) is 27.7 Å². The zero-order valence-electron chi connectivity index (χ0n) is 10.3. The highest BCUT2D eigenvalue weighted by Gasteiger charge is 2.15. The highest BCUT2D eigenvalue weighted by Crippen LogP contribution is 2.16. The number of carboxylic acids is 1. The van der Waals surface area contributed by atoms with Gasteiger partial charge in [0.25, 0.3) is 5.56 Å². The predicted molar refractivity (Wildman–Crippen MR) is 70.4 cm³/mol. The van der Waals surface area contributed by atoms with Crippen molar-refractivity contribution in [1.82, 2.24) is 9.55 Å². The molecule has 0 saturated heterocycles. The van der Waals surface area contributed by atoms with E-state index in [1.54, 1.807) is 13.8 Å². The minimum absolute atomic E-state index is 0.101. The molecule has 0 aromatic carbocycles. The summed E-state index contributed by atoms with van der Waals surface area (Å²) < 4.78 is 7.10. The molecule has 0 unspecified atom stereocenters. The third-order valence-electron chi connectivity index (χ3n) is 2.72. The molecule has 1 N–H and O–H groups in total. The number of rotatable bonds is 3. The maximum atomic E-state index is 11.9. The van der Waals surface area contributed by atoms with Crippen LogP contribution in [0.25, 0.3) is 0 Å². The quantitative estimate of drug-likeness (QED) is 0.931. The fourth-order valence-electron chi connectivity index (χ4n) is 1.73. The number of furan rings is 1. The molecule has 7 heteroatoms. The standard InChI is InChI=1S/C12H11BrN2O4/c1-6-9(12(17)18)3-8(19-6)5-15-7(2)14-4-10(13)11(15)16/h3-4H,5H2,1-2H3,(H,17,18). The summed E-state index contributed by atoms with van der Waals surface area (Å²) in [7, 11) is 0. The lowest BCUT2D eigenvalue weighted by Gasteiger charge is -2.07. The average molecular weight is 327 g/mol. The number of aromatic nitrogens is 2. The molecule has 6 nitrogen and oxygen atoms in total. The van der Waals surface area contributed by atoms with Gasteiger partial charge in [-0.15, -0.1) is 0 Å². The fraction of sp³-hybridized carbons (Fsp3) is 0.250. The topological polar surface area (TPSA) is 85.3 Å². The van der Waals surface area contributed by atoms with Crippen LogP contribution >= 0.6 is 15.9 Å². The molecule has 0 atom stereocenters. The molecular weight excluding hydrogens is 316 g/mol. The molecule has 0 aliphatic rings. The molecule has 100 valence electrons. The van der Waals surface area contributed by atoms with Crippen LogP contribution in [0.2, 0.25) is 0 Å². The molecule has 0 aliphatic heterocycles. The summed E-state index contributed by atoms with van der Waals surface area (Å²) in [5, 5.41) is 8.95. The van der Waals surface area contributed by atoms with E-state index in [4.69, 9.17) is 9.52 Å². The van der Waals surface area contributed by atoms with Crippen LogP contribution in [0, 0.1) is 13.8 Å². The van der Waals surface area contributed by atoms with Crippen LogP contribution in [0.15, 0.2) is 25.9 Å². The van der Waals surface area contributed by atoms with Gasteiger partial charge in [0.2, 0.25) is 0 Å². The number of aromatic carboxylic acids is 1. The van der Waals surface area contributed by atoms with Crippen molar-refractivity contribution in [2.24, 2.45) is 0 Å². The van der Waals surface area contributed by atoms with Crippen LogP contribution in [-0.2, 0) is 6.54 Å². The molecule has 0 bridgehead atoms. The summed E-state index contributed by atoms with van der Waals surface area (Å²) in [6, 6.07) is 1.42. The van der Waals surface area contributed by atoms with Gasteiger partial charge in [-0.25, -0.2) is 9.78 Å². The van der Waals surface area contributed by atoms with E-state index >= 15 is 0 Å². The van der Waals surface area contributed by atoms with Crippen molar-refractivity contribution in [3.05, 3.63) is 50.0 Å². The minimum Gasteiger partial charge on any atom is -0.478 e. The van der Waals surface area contributed by atoms with Gasteiger partial charge in [-0.1, -0.05) is 0 Å². The third-order valence-corrected chi connectivity index (χ3v) is 3.26. The molecule has 19 heavy (non-hydrogen) atoms. The second-order valence-corrected chi connectivity index (χ2v) is 4.89. The zero-order valence-corrected chi connectivity index (χ0v) is 11.9. The van der Waals surface area contributed by atoms with E-state index in [1.165, 1.54) is 16.8 Å². The first-order valence-electron chi connectivity index (χ1n) is 5.44. The van der Waals surface area contributed by atoms with Gasteiger partial charge in [-0.05, 0) is 35.8 Å². The van der Waals surface area contributed by atoms with E-state index < -0.39 is 5.97 Å². The van der Waals surface area contributed by atoms with Crippen molar-refractivity contribution in [3.8, 4) is 0 Å². The van der Waals surface area contributed by atoms with Crippen molar-refractivity contribution < 1.29 is 14.3 Å². The summed E-state index contributed by atoms with van der Waals surface area (Å²) in [4.78, 5) is 26.9. The van der Waals surface area contributed by atoms with Crippen LogP contribution in [0.5, 0.6) is 0 Å². The van der Waals surface area contributed by atoms with Crippen molar-refractivity contribution in [3.63, 3.8) is 0 Å². The fourth-order valence-corrected chi connectivity index (χ4v) is 2.04. The van der Waals surface area contributed by atoms with Gasteiger partial charge < -0.3 is 9.52 Å². The summed E-state index contributed by atoms with van der Waals surface area (Å²) >= 11 is 3.12. The highest BCUT2D eigenvalue weighted by molar-refractivity contribution is 9.10. The van der Waals surface area contributed by atoms with E-state index in [1.807, 2.05) is 0 Å². The first-order chi connectivity index (χ1) is 8.90. The van der Waals surface area contributed by atoms with Gasteiger partial charge in [0.1, 0.15) is 27.4 Å². The summed E-state index contributed by atoms with van der Waals surface area (Å²) in [5.74, 6) is 0.194. The Bertz CT molecular complexity index is 702. The molecule has 0 radical (unpaired) electrons. The molecule has 2 rings (SSSR count). The molecule has 2 heterocycles. The zero-order chi connectivity index (χ0) is 14.2. The first-order valence-corrected chi connectivity index (χ1v) is 6.24. The summed E-state index contributed by atoms with van der Waals surface area (Å²) in [5.41, 5.74) is -0.137. The van der Waals surface area contributed by atoms with E-state index in [0.29, 0.717) is 21.8 Å². The molecule has 0 spiro atoms. The number of aryl methyl sites for hydroxylation is 2. The Hall–Kier alpha value is -1.89. The second kappa shape index (κ2) is 5.00. The molecule has 0 aliphatic carbocycles. The van der Waals surface area contributed by atoms with Crippen LogP contribution < -0.4 is 5.56 Å². The SMILES string of the molecule is Cc1oc(Cn2c(C)ncc(Br)c2=O)cc1C(=O)O. The lowest BCUT2D eigenvalue weighted by molar-refractivity contribution is 0.0695. The van der Waals surface area contributed by atoms with Crippen molar-refractivity contribution in [2.45, 2.75) is 20.4 Å². The van der Waals surface area contributed by atoms with Gasteiger partial charge in [-0.2, -0.15) is 0 Å². The third kappa shape index (κ3) is 2.60.